The van der Waals surface area contributed by atoms with Crippen LogP contribution in [0.5, 0.6) is 0 Å². The predicted molar refractivity (Wildman–Crippen MR) is 194 cm³/mol. The van der Waals surface area contributed by atoms with E-state index >= 15 is 0 Å². The number of aliphatic hydroxyl groups is 2. The van der Waals surface area contributed by atoms with Crippen LogP contribution < -0.4 is 29.6 Å². The van der Waals surface area contributed by atoms with E-state index in [2.05, 4.69) is 13.8 Å². The van der Waals surface area contributed by atoms with Gasteiger partial charge in [-0.05, 0) is 12.8 Å². The van der Waals surface area contributed by atoms with Crippen molar-refractivity contribution in [3.8, 4) is 0 Å². The predicted octanol–water partition coefficient (Wildman–Crippen LogP) is 8.43. The van der Waals surface area contributed by atoms with E-state index in [-0.39, 0.29) is 44.2 Å². The summed E-state index contributed by atoms with van der Waals surface area (Å²) in [4.78, 5) is 24.1. The molecule has 0 aromatic rings. The second kappa shape index (κ2) is 40.3. The van der Waals surface area contributed by atoms with E-state index in [4.69, 9.17) is 9.47 Å². The topological polar surface area (TPSA) is 93.1 Å². The summed E-state index contributed by atoms with van der Waals surface area (Å²) < 4.78 is 10.2. The first kappa shape index (κ1) is 49.0. The Bertz CT molecular complexity index is 599. The molecule has 0 saturated carbocycles. The minimum atomic E-state index is -1.90. The molecular weight excluding hydrogens is 599 g/mol. The number of hydrogen-bond acceptors (Lipinski definition) is 6. The average Bonchev–Trinajstić information content (AvgIpc) is 3.06. The van der Waals surface area contributed by atoms with Gasteiger partial charge in [-0.15, -0.1) is 0 Å². The largest absolute Gasteiger partial charge is 1.00 e. The number of aliphatic hydroxyl groups excluding tert-OH is 2. The van der Waals surface area contributed by atoms with Crippen LogP contribution in [0.15, 0.2) is 0 Å². The van der Waals surface area contributed by atoms with Crippen LogP contribution >= 0.6 is 0 Å². The third-order valence-corrected chi connectivity index (χ3v) is 9.27. The molecule has 0 aliphatic heterocycles. The van der Waals surface area contributed by atoms with E-state index < -0.39 is 24.1 Å². The summed E-state index contributed by atoms with van der Waals surface area (Å²) in [6.07, 6.45) is 36.8. The molecule has 0 bridgehead atoms. The Kier molecular flexibility index (Phi) is 42.0. The van der Waals surface area contributed by atoms with Crippen molar-refractivity contribution in [2.24, 2.45) is 0 Å². The number of carbonyl (C=O) groups is 2. The van der Waals surface area contributed by atoms with Crippen LogP contribution in [-0.2, 0) is 19.1 Å². The van der Waals surface area contributed by atoms with Crippen molar-refractivity contribution in [2.45, 2.75) is 232 Å². The van der Waals surface area contributed by atoms with Crippen LogP contribution in [0.2, 0.25) is 0 Å². The molecule has 2 N–H and O–H groups in total. The van der Waals surface area contributed by atoms with Gasteiger partial charge in [-0.25, -0.2) is 9.59 Å². The molecule has 0 aliphatic carbocycles. The first-order valence-corrected chi connectivity index (χ1v) is 20.2. The number of unbranched alkanes of at least 4 members (excludes halogenated alkanes) is 30. The summed E-state index contributed by atoms with van der Waals surface area (Å²) in [6, 6.07) is 0. The molecule has 0 heterocycles. The van der Waals surface area contributed by atoms with E-state index in [1.165, 1.54) is 167 Å². The number of esters is 2. The Morgan fingerprint density at radius 2 is 0.553 bits per heavy atom. The molecule has 276 valence electrons. The van der Waals surface area contributed by atoms with Crippen LogP contribution in [0.25, 0.3) is 0 Å². The fraction of sp³-hybridized carbons (Fsp3) is 0.950. The number of rotatable bonds is 37. The van der Waals surface area contributed by atoms with Gasteiger partial charge in [0, 0.05) is 0 Å². The fourth-order valence-corrected chi connectivity index (χ4v) is 6.07. The summed E-state index contributed by atoms with van der Waals surface area (Å²) >= 11 is 0. The fourth-order valence-electron chi connectivity index (χ4n) is 6.07. The van der Waals surface area contributed by atoms with Crippen molar-refractivity contribution >= 4 is 11.9 Å². The van der Waals surface area contributed by atoms with E-state index in [0.29, 0.717) is 0 Å². The van der Waals surface area contributed by atoms with Gasteiger partial charge in [0.05, 0.1) is 13.2 Å². The second-order valence-corrected chi connectivity index (χ2v) is 13.8. The summed E-state index contributed by atoms with van der Waals surface area (Å²) in [7, 11) is 0. The third kappa shape index (κ3) is 35.5. The molecule has 0 saturated heterocycles. The molecule has 0 spiro atoms. The third-order valence-electron chi connectivity index (χ3n) is 9.27. The normalized spacial score (nSPS) is 12.4. The maximum Gasteiger partial charge on any atom is 1.00 e. The summed E-state index contributed by atoms with van der Waals surface area (Å²) in [6.45, 7) is 4.91. The van der Waals surface area contributed by atoms with Gasteiger partial charge >= 0.3 is 41.5 Å². The Balaban J connectivity index is -0.0000101. The first-order chi connectivity index (χ1) is 22.5. The van der Waals surface area contributed by atoms with Gasteiger partial charge < -0.3 is 21.1 Å². The van der Waals surface area contributed by atoms with Crippen molar-refractivity contribution in [3.05, 3.63) is 0 Å². The monoisotopic (exact) mass is 679 g/mol. The van der Waals surface area contributed by atoms with E-state index in [1.54, 1.807) is 0 Å². The summed E-state index contributed by atoms with van der Waals surface area (Å²) in [5.74, 6) is -1.93. The number of carbonyl (C=O) groups excluding carboxylic acids is 2. The van der Waals surface area contributed by atoms with Crippen molar-refractivity contribution in [1.82, 2.24) is 0 Å². The zero-order valence-corrected chi connectivity index (χ0v) is 33.7. The average molecular weight is 679 g/mol. The molecule has 2 unspecified atom stereocenters. The Morgan fingerprint density at radius 1 is 0.383 bits per heavy atom. The molecular formula is C40H79NaO6. The minimum absolute atomic E-state index is 0. The first-order valence-electron chi connectivity index (χ1n) is 20.2. The minimum Gasteiger partial charge on any atom is -1.00 e. The molecule has 0 aromatic carbocycles. The summed E-state index contributed by atoms with van der Waals surface area (Å²) in [5.41, 5.74) is 0. The standard InChI is InChI=1S/C40H78O6.Na.H/c1-3-5-7-9-11-13-15-17-19-21-23-25-27-29-31-33-35-45-39(43)37(41)38(42)40(44)46-36-34-32-30-28-26-24-22-20-18-16-14-12-10-8-6-4-2;;/h37-38,41-42H,3-36H2,1-2H3;;/q;+1;-1. The van der Waals surface area contributed by atoms with E-state index in [9.17, 15) is 19.8 Å². The van der Waals surface area contributed by atoms with Gasteiger partial charge in [-0.2, -0.15) is 0 Å². The van der Waals surface area contributed by atoms with E-state index in [1.807, 2.05) is 0 Å². The van der Waals surface area contributed by atoms with Gasteiger partial charge in [0.25, 0.3) is 0 Å². The molecule has 0 radical (unpaired) electrons. The SMILES string of the molecule is CCCCCCCCCCCCCCCCCCOC(=O)C(O)C(O)C(=O)OCCCCCCCCCCCCCCCCCC.[H-].[Na+]. The summed E-state index contributed by atoms with van der Waals surface area (Å²) in [5, 5.41) is 20.0. The molecule has 0 amide bonds. The number of hydrogen-bond donors (Lipinski definition) is 2. The smallest absolute Gasteiger partial charge is 1.00 e. The van der Waals surface area contributed by atoms with Crippen LogP contribution in [-0.4, -0.2) is 47.6 Å². The van der Waals surface area contributed by atoms with Gasteiger partial charge in [0.1, 0.15) is 0 Å². The van der Waals surface area contributed by atoms with Crippen LogP contribution in [0.4, 0.5) is 0 Å². The quantitative estimate of drug-likeness (QED) is 0.0389. The van der Waals surface area contributed by atoms with Gasteiger partial charge in [0.15, 0.2) is 12.2 Å². The molecule has 0 aliphatic rings. The Morgan fingerprint density at radius 3 is 0.745 bits per heavy atom. The van der Waals surface area contributed by atoms with Gasteiger partial charge in [-0.3, -0.25) is 0 Å². The number of ether oxygens (including phenoxy) is 2. The van der Waals surface area contributed by atoms with Crippen LogP contribution in [0, 0.1) is 0 Å². The maximum absolute atomic E-state index is 12.0. The van der Waals surface area contributed by atoms with Crippen LogP contribution in [0.1, 0.15) is 221 Å². The molecule has 47 heavy (non-hydrogen) atoms. The van der Waals surface area contributed by atoms with Crippen LogP contribution in [0.3, 0.4) is 0 Å². The van der Waals surface area contributed by atoms with Crippen molar-refractivity contribution < 1.29 is 60.3 Å². The Labute approximate surface area is 315 Å². The second-order valence-electron chi connectivity index (χ2n) is 13.8. The van der Waals surface area contributed by atoms with E-state index in [0.717, 1.165) is 38.5 Å². The zero-order chi connectivity index (χ0) is 33.8. The molecule has 7 heteroatoms. The van der Waals surface area contributed by atoms with Gasteiger partial charge in [0.2, 0.25) is 0 Å². The van der Waals surface area contributed by atoms with Crippen molar-refractivity contribution in [2.75, 3.05) is 13.2 Å². The van der Waals surface area contributed by atoms with Gasteiger partial charge in [-0.1, -0.05) is 206 Å². The molecule has 0 rings (SSSR count). The zero-order valence-electron chi connectivity index (χ0n) is 32.7. The van der Waals surface area contributed by atoms with Crippen molar-refractivity contribution in [3.63, 3.8) is 0 Å². The molecule has 0 aromatic heterocycles. The van der Waals surface area contributed by atoms with Crippen molar-refractivity contribution in [1.29, 1.82) is 0 Å². The molecule has 0 fully saturated rings. The maximum atomic E-state index is 12.0. The molecule has 2 atom stereocenters. The Hall–Kier alpha value is -0.140. The molecule has 6 nitrogen and oxygen atoms in total.